The molecule has 8 aromatic carbocycles. The first kappa shape index (κ1) is 89.0. The van der Waals surface area contributed by atoms with Crippen LogP contribution in [0.4, 0.5) is 0 Å². The number of aromatic hydroxyl groups is 2. The molecule has 1 spiro atoms. The largest absolute Gasteiger partial charge is 0.504 e. The molecule has 648 valence electrons. The number of nitrogens with zero attached hydrogens (tertiary/aromatic N) is 5. The summed E-state index contributed by atoms with van der Waals surface area (Å²) in [6, 6.07) is 59.7. The highest BCUT2D eigenvalue weighted by atomic mass is 35.5. The second kappa shape index (κ2) is 40.6. The van der Waals surface area contributed by atoms with E-state index in [1.807, 2.05) is 182 Å². The van der Waals surface area contributed by atoms with Gasteiger partial charge < -0.3 is 74.3 Å². The maximum absolute atomic E-state index is 13.0. The van der Waals surface area contributed by atoms with Gasteiger partial charge in [-0.15, -0.1) is 10.2 Å². The van der Waals surface area contributed by atoms with E-state index in [4.69, 9.17) is 51.3 Å². The van der Waals surface area contributed by atoms with Gasteiger partial charge in [-0.25, -0.2) is 9.59 Å². The van der Waals surface area contributed by atoms with Gasteiger partial charge in [-0.3, -0.25) is 19.3 Å². The number of phenolic OH excluding ortho intramolecular Hbond substituents is 2. The van der Waals surface area contributed by atoms with Gasteiger partial charge in [0.1, 0.15) is 0 Å². The number of rotatable bonds is 22. The molecule has 13 atom stereocenters. The number of hydrogen-bond donors (Lipinski definition) is 7. The number of hydrogen-bond acceptors (Lipinski definition) is 21. The summed E-state index contributed by atoms with van der Waals surface area (Å²) in [7, 11) is 4.28. The summed E-state index contributed by atoms with van der Waals surface area (Å²) >= 11 is 12.4. The summed E-state index contributed by atoms with van der Waals surface area (Å²) in [6.07, 6.45) is 10.5. The number of fused-ring (bicyclic) bond motifs is 2. The van der Waals surface area contributed by atoms with Crippen LogP contribution in [0, 0.1) is 24.2 Å². The monoisotopic (exact) mass is 1710 g/mol. The van der Waals surface area contributed by atoms with Crippen LogP contribution in [0.3, 0.4) is 0 Å². The molecule has 8 heterocycles. The van der Waals surface area contributed by atoms with Crippen molar-refractivity contribution in [1.29, 1.82) is 0 Å². The lowest BCUT2D eigenvalue weighted by Gasteiger charge is -2.36. The molecule has 17 rings (SSSR count). The maximum Gasteiger partial charge on any atom is 0.350 e. The lowest BCUT2D eigenvalue weighted by atomic mass is 9.77. The smallest absolute Gasteiger partial charge is 0.350 e. The van der Waals surface area contributed by atoms with Crippen LogP contribution in [0.15, 0.2) is 192 Å². The van der Waals surface area contributed by atoms with E-state index < -0.39 is 18.4 Å². The van der Waals surface area contributed by atoms with Crippen LogP contribution in [0.1, 0.15) is 190 Å². The Morgan fingerprint density at radius 2 is 1.21 bits per heavy atom. The maximum atomic E-state index is 13.0. The van der Waals surface area contributed by atoms with Crippen LogP contribution in [0.5, 0.6) is 17.2 Å². The zero-order chi connectivity index (χ0) is 86.6. The molecule has 4 unspecified atom stereocenters. The lowest BCUT2D eigenvalue weighted by molar-refractivity contribution is -0.162. The highest BCUT2D eigenvalue weighted by molar-refractivity contribution is 6.37. The Morgan fingerprint density at radius 3 is 1.75 bits per heavy atom. The molecular formula is C98H112Cl2N8O15. The van der Waals surface area contributed by atoms with Crippen molar-refractivity contribution < 1.29 is 72.5 Å². The fourth-order valence-corrected chi connectivity index (χ4v) is 19.3. The molecule has 0 bridgehead atoms. The summed E-state index contributed by atoms with van der Waals surface area (Å²) in [6.45, 7) is 12.7. The summed E-state index contributed by atoms with van der Waals surface area (Å²) in [4.78, 5) is 67.8. The molecule has 1 saturated carbocycles. The number of allylic oxidation sites excluding steroid dienone is 1. The van der Waals surface area contributed by atoms with E-state index >= 15 is 0 Å². The van der Waals surface area contributed by atoms with Gasteiger partial charge in [0.05, 0.1) is 61.7 Å². The molecule has 0 radical (unpaired) electrons. The molecule has 6 saturated heterocycles. The number of piperidine rings is 2. The summed E-state index contributed by atoms with van der Waals surface area (Å²) in [5, 5.41) is 60.7. The number of aromatic nitrogens is 2. The van der Waals surface area contributed by atoms with Crippen molar-refractivity contribution in [2.45, 2.75) is 178 Å². The zero-order valence-corrected chi connectivity index (χ0v) is 72.3. The van der Waals surface area contributed by atoms with Crippen molar-refractivity contribution in [2.24, 2.45) is 17.3 Å². The molecule has 7 fully saturated rings. The molecule has 8 aliphatic rings. The van der Waals surface area contributed by atoms with Gasteiger partial charge in [-0.1, -0.05) is 169 Å². The quantitative estimate of drug-likeness (QED) is 0.0144. The number of likely N-dealkylation sites (tertiary alicyclic amines) is 2. The summed E-state index contributed by atoms with van der Waals surface area (Å²) in [5.74, 6) is 2.21. The number of aryl methyl sites for hydroxylation is 2. The molecule has 25 heteroatoms. The number of aliphatic hydroxyl groups is 2. The third-order valence-electron chi connectivity index (χ3n) is 25.7. The molecule has 7 aliphatic heterocycles. The normalized spacial score (nSPS) is 23.2. The molecule has 1 aromatic heterocycles. The van der Waals surface area contributed by atoms with E-state index in [0.29, 0.717) is 103 Å². The van der Waals surface area contributed by atoms with Crippen molar-refractivity contribution in [3.05, 3.63) is 282 Å². The molecule has 7 N–H and O–H groups in total. The topological polar surface area (TPSA) is 297 Å². The van der Waals surface area contributed by atoms with Crippen LogP contribution in [0.25, 0.3) is 5.57 Å². The Bertz CT molecular complexity index is 5130. The van der Waals surface area contributed by atoms with Gasteiger partial charge in [0.2, 0.25) is 18.0 Å². The van der Waals surface area contributed by atoms with Gasteiger partial charge in [0, 0.05) is 98.5 Å². The number of nitrogens with one attached hydrogen (secondary N) is 3. The van der Waals surface area contributed by atoms with Crippen molar-refractivity contribution in [3.8, 4) is 17.2 Å². The van der Waals surface area contributed by atoms with Gasteiger partial charge in [-0.05, 0) is 226 Å². The number of methoxy groups -OCH3 is 3. The SMILES string of the molecule is CCc1nnc(C2[C@H]3CN(C(=O)c4ccc(C[C@@H]5CC[C@H]([C@H](O)c6ccccc6)N5)cc4)C[C@@H]23)o1.COC(=O)/C=C(\C)c1ccc(CC(C)N2CC(c3cccc(C)c3)OC2C(=O)OC)cc1.COc1c(Cl)cc(C[C@@H]2NCCc3cc(O)c(O)cc32)cc1Cl.O=C(c1ccc(C[C@@H]2CC[C@H]([C@H](O)c3ccccc3)N2)cc1)N1CCC2(CCOC2=O)CC1. The highest BCUT2D eigenvalue weighted by Crippen LogP contribution is 2.58. The average molecular weight is 1710 g/mol. The molecule has 9 aromatic rings. The van der Waals surface area contributed by atoms with E-state index in [1.165, 1.54) is 38.5 Å². The minimum atomic E-state index is -0.731. The minimum Gasteiger partial charge on any atom is -0.504 e. The Kier molecular flexibility index (Phi) is 29.3. The number of phenols is 2. The number of amides is 2. The van der Waals surface area contributed by atoms with Crippen molar-refractivity contribution in [2.75, 3.05) is 67.2 Å². The van der Waals surface area contributed by atoms with Gasteiger partial charge >= 0.3 is 17.9 Å². The fraction of sp³-hybridized carbons (Fsp3) is 0.418. The average Bonchev–Trinajstić information content (AvgIpc) is 1.56. The van der Waals surface area contributed by atoms with Crippen molar-refractivity contribution >= 4 is 58.5 Å². The first-order valence-corrected chi connectivity index (χ1v) is 43.7. The predicted octanol–water partition coefficient (Wildman–Crippen LogP) is 14.7. The number of halogens is 2. The second-order valence-electron chi connectivity index (χ2n) is 33.8. The Labute approximate surface area is 729 Å². The lowest BCUT2D eigenvalue weighted by Crippen LogP contribution is -2.45. The number of esters is 3. The first-order valence-electron chi connectivity index (χ1n) is 42.9. The van der Waals surface area contributed by atoms with E-state index in [-0.39, 0.29) is 76.9 Å². The standard InChI is InChI=1S/C28H32N4O3.C27H32N2O4.C26H31NO5.C17H17Cl2NO3/c1-2-24-30-31-27(35-24)25-21-15-32(16-22(21)25)28(34)19-10-8-17(9-11-19)14-20-12-13-23(29-20)26(33)18-6-4-3-5-7-18;30-24(20-4-2-1-3-5-20)23-11-10-22(28-23)18-19-6-8-21(9-7-19)25(31)29-15-12-27(13-16-29)14-17-33-26(27)32;1-17-7-6-8-22(13-17)23-16-27(25(32-23)26(29)31-5)19(3)15-20-9-11-21(12-10-20)18(2)14-24(28)30-4;1-23-17-12(18)4-9(5-13(17)19)6-14-11-8-16(22)15(21)7-10(11)2-3-20-14/h3-11,20-23,25-26,29,33H,2,12-16H2,1H3;1-9,22-24,28,30H,10-18H2;6-14,19,23,25H,15-16H2,1-5H3;4-5,7-8,14,20-22H,2-3,6H2,1H3/b;;18-14+;/t20-,21-,22+,23+,25?,26+;22-,23+,24+;;14-/m00.0/s1. The first-order chi connectivity index (χ1) is 59.4. The molecular weight excluding hydrogens is 1600 g/mol. The number of aliphatic hydroxyl groups excluding tert-OH is 2. The number of carbonyl (C=O) groups is 5. The number of ether oxygens (including phenoxy) is 5. The van der Waals surface area contributed by atoms with E-state index in [9.17, 15) is 44.4 Å². The minimum absolute atomic E-state index is 0.0192. The van der Waals surface area contributed by atoms with Crippen molar-refractivity contribution in [3.63, 3.8) is 0 Å². The van der Waals surface area contributed by atoms with E-state index in [0.717, 1.165) is 151 Å². The summed E-state index contributed by atoms with van der Waals surface area (Å²) < 4.78 is 31.9. The number of cyclic esters (lactones) is 1. The van der Waals surface area contributed by atoms with E-state index in [1.54, 1.807) is 12.1 Å². The van der Waals surface area contributed by atoms with Crippen LogP contribution >= 0.6 is 23.2 Å². The van der Waals surface area contributed by atoms with E-state index in [2.05, 4.69) is 56.2 Å². The van der Waals surface area contributed by atoms with Crippen LogP contribution in [-0.2, 0) is 71.9 Å². The molecule has 23 nitrogen and oxygen atoms in total. The van der Waals surface area contributed by atoms with Gasteiger partial charge in [-0.2, -0.15) is 0 Å². The number of benzene rings is 8. The third-order valence-corrected chi connectivity index (χ3v) is 26.3. The van der Waals surface area contributed by atoms with Gasteiger partial charge in [0.25, 0.3) is 11.8 Å². The molecule has 2 amide bonds. The summed E-state index contributed by atoms with van der Waals surface area (Å²) in [5.41, 5.74) is 13.5. The zero-order valence-electron chi connectivity index (χ0n) is 70.8. The fourth-order valence-electron chi connectivity index (χ4n) is 18.6. The predicted molar refractivity (Wildman–Crippen MR) is 469 cm³/mol. The number of carbonyl (C=O) groups excluding carboxylic acids is 5. The van der Waals surface area contributed by atoms with Crippen LogP contribution in [0.2, 0.25) is 10.0 Å². The van der Waals surface area contributed by atoms with Crippen LogP contribution < -0.4 is 20.7 Å². The Morgan fingerprint density at radius 1 is 0.642 bits per heavy atom. The van der Waals surface area contributed by atoms with Crippen molar-refractivity contribution in [1.82, 2.24) is 40.8 Å². The molecule has 123 heavy (non-hydrogen) atoms. The highest BCUT2D eigenvalue weighted by Gasteiger charge is 2.60. The Hall–Kier alpha value is -10.3. The second-order valence-corrected chi connectivity index (χ2v) is 34.6. The third kappa shape index (κ3) is 21.6. The van der Waals surface area contributed by atoms with Crippen LogP contribution in [-0.4, -0.2) is 179 Å². The van der Waals surface area contributed by atoms with Gasteiger partial charge in [0.15, 0.2) is 17.2 Å². The molecule has 1 aliphatic carbocycles. The Balaban J connectivity index is 0.000000135.